The highest BCUT2D eigenvalue weighted by Crippen LogP contribution is 2.32. The normalized spacial score (nSPS) is 11.9. The van der Waals surface area contributed by atoms with Gasteiger partial charge in [0.1, 0.15) is 11.4 Å². The van der Waals surface area contributed by atoms with Gasteiger partial charge in [-0.15, -0.1) is 0 Å². The molecule has 8 nitrogen and oxygen atoms in total. The van der Waals surface area contributed by atoms with E-state index in [1.165, 1.54) is 7.11 Å². The van der Waals surface area contributed by atoms with Gasteiger partial charge in [0.25, 0.3) is 11.5 Å². The van der Waals surface area contributed by atoms with Crippen LogP contribution in [0.3, 0.4) is 0 Å². The van der Waals surface area contributed by atoms with Crippen LogP contribution in [-0.2, 0) is 6.42 Å². The summed E-state index contributed by atoms with van der Waals surface area (Å²) >= 11 is 0. The Kier molecular flexibility index (Phi) is 7.05. The van der Waals surface area contributed by atoms with Gasteiger partial charge in [-0.1, -0.05) is 12.1 Å². The average molecular weight is 487 g/mol. The molecule has 0 aliphatic rings. The molecule has 186 valence electrons. The average Bonchev–Trinajstić information content (AvgIpc) is 3.18. The lowest BCUT2D eigenvalue weighted by atomic mass is 10.0. The third-order valence-electron chi connectivity index (χ3n) is 6.58. The molecule has 4 rings (SSSR count). The number of nitrogens with zero attached hydrogens (tertiary/aromatic N) is 2. The zero-order valence-electron chi connectivity index (χ0n) is 21.1. The number of H-pyrrole nitrogens is 1. The monoisotopic (exact) mass is 486 g/mol. The summed E-state index contributed by atoms with van der Waals surface area (Å²) in [5.74, 6) is 0.251. The Balaban J connectivity index is 1.72. The first-order valence-electron chi connectivity index (χ1n) is 11.8. The van der Waals surface area contributed by atoms with E-state index in [0.717, 1.165) is 16.6 Å². The van der Waals surface area contributed by atoms with Gasteiger partial charge in [-0.05, 0) is 63.1 Å². The van der Waals surface area contributed by atoms with Crippen molar-refractivity contribution in [2.75, 3.05) is 14.2 Å². The molecule has 0 saturated carbocycles. The molecule has 8 heteroatoms. The summed E-state index contributed by atoms with van der Waals surface area (Å²) in [5.41, 5.74) is 4.48. The third kappa shape index (κ3) is 4.54. The van der Waals surface area contributed by atoms with Crippen molar-refractivity contribution in [3.05, 3.63) is 92.7 Å². The summed E-state index contributed by atoms with van der Waals surface area (Å²) in [5, 5.41) is 3.42. The van der Waals surface area contributed by atoms with Crippen LogP contribution >= 0.6 is 0 Å². The maximum absolute atomic E-state index is 13.5. The van der Waals surface area contributed by atoms with Crippen LogP contribution in [-0.4, -0.2) is 40.4 Å². The molecule has 1 atom stereocenters. The molecule has 3 aromatic heterocycles. The quantitative estimate of drug-likeness (QED) is 0.364. The first-order chi connectivity index (χ1) is 17.3. The fraction of sp³-hybridized carbons (Fsp3) is 0.286. The smallest absolute Gasteiger partial charge is 0.255 e. The van der Waals surface area contributed by atoms with Crippen molar-refractivity contribution < 1.29 is 14.3 Å². The molecule has 0 aliphatic heterocycles. The van der Waals surface area contributed by atoms with Crippen LogP contribution in [0.2, 0.25) is 0 Å². The Morgan fingerprint density at radius 2 is 1.94 bits per heavy atom. The highest BCUT2D eigenvalue weighted by molar-refractivity contribution is 6.09. The van der Waals surface area contributed by atoms with Crippen molar-refractivity contribution in [3.63, 3.8) is 0 Å². The number of ketones is 1. The predicted octanol–water partition coefficient (Wildman–Crippen LogP) is 4.13. The summed E-state index contributed by atoms with van der Waals surface area (Å²) in [6.07, 6.45) is 2.11. The first kappa shape index (κ1) is 24.9. The summed E-state index contributed by atoms with van der Waals surface area (Å²) in [4.78, 5) is 45.6. The summed E-state index contributed by atoms with van der Waals surface area (Å²) in [6, 6.07) is 12.7. The summed E-state index contributed by atoms with van der Waals surface area (Å²) < 4.78 is 7.42. The molecule has 4 aromatic rings. The highest BCUT2D eigenvalue weighted by Gasteiger charge is 2.24. The molecule has 2 N–H and O–H groups in total. The Morgan fingerprint density at radius 3 is 2.67 bits per heavy atom. The number of carbonyl (C=O) groups is 2. The van der Waals surface area contributed by atoms with Crippen molar-refractivity contribution >= 4 is 22.7 Å². The van der Waals surface area contributed by atoms with Crippen LogP contribution in [0.25, 0.3) is 11.0 Å². The van der Waals surface area contributed by atoms with Crippen LogP contribution < -0.4 is 15.6 Å². The Bertz CT molecular complexity index is 1520. The molecule has 1 unspecified atom stereocenters. The molecule has 36 heavy (non-hydrogen) atoms. The van der Waals surface area contributed by atoms with Crippen molar-refractivity contribution in [1.29, 1.82) is 0 Å². The highest BCUT2D eigenvalue weighted by atomic mass is 16.5. The lowest BCUT2D eigenvalue weighted by molar-refractivity contribution is 0.0960. The van der Waals surface area contributed by atoms with E-state index in [2.05, 4.69) is 15.3 Å². The minimum atomic E-state index is -0.245. The van der Waals surface area contributed by atoms with Gasteiger partial charge in [0.05, 0.1) is 18.7 Å². The number of carbonyl (C=O) groups excluding carboxylic acids is 2. The number of methoxy groups -OCH3 is 1. The Labute approximate surface area is 209 Å². The van der Waals surface area contributed by atoms with Gasteiger partial charge in [-0.25, -0.2) is 4.98 Å². The lowest BCUT2D eigenvalue weighted by Crippen LogP contribution is -2.18. The zero-order chi connectivity index (χ0) is 26.0. The number of hydrogen-bond donors (Lipinski definition) is 2. The molecular weight excluding hydrogens is 456 g/mol. The van der Waals surface area contributed by atoms with E-state index in [4.69, 9.17) is 4.74 Å². The SMILES string of the molecule is CNC(=O)c1cccc(C(C)n2c(C)c(C(=O)CCc3c(OC)cc(C)[nH]c3=O)c3cccnc32)c1. The Hall–Kier alpha value is -4.20. The second-order valence-corrected chi connectivity index (χ2v) is 8.84. The van der Waals surface area contributed by atoms with Crippen LogP contribution in [0, 0.1) is 13.8 Å². The molecule has 0 spiro atoms. The number of nitrogens with one attached hydrogen (secondary N) is 2. The molecule has 0 aliphatic carbocycles. The van der Waals surface area contributed by atoms with Gasteiger partial charge >= 0.3 is 0 Å². The van der Waals surface area contributed by atoms with E-state index in [1.807, 2.05) is 48.7 Å². The van der Waals surface area contributed by atoms with Gasteiger partial charge < -0.3 is 19.6 Å². The third-order valence-corrected chi connectivity index (χ3v) is 6.58. The van der Waals surface area contributed by atoms with Gasteiger partial charge in [0.15, 0.2) is 5.78 Å². The fourth-order valence-corrected chi connectivity index (χ4v) is 4.79. The van der Waals surface area contributed by atoms with Gasteiger partial charge in [-0.2, -0.15) is 0 Å². The van der Waals surface area contributed by atoms with E-state index >= 15 is 0 Å². The summed E-state index contributed by atoms with van der Waals surface area (Å²) in [7, 11) is 3.12. The van der Waals surface area contributed by atoms with Crippen LogP contribution in [0.1, 0.15) is 62.6 Å². The number of benzene rings is 1. The topological polar surface area (TPSA) is 106 Å². The summed E-state index contributed by atoms with van der Waals surface area (Å²) in [6.45, 7) is 5.72. The van der Waals surface area contributed by atoms with Crippen molar-refractivity contribution in [2.24, 2.45) is 0 Å². The number of ether oxygens (including phenoxy) is 1. The van der Waals surface area contributed by atoms with Crippen LogP contribution in [0.15, 0.2) is 53.5 Å². The molecule has 1 aromatic carbocycles. The standard InChI is InChI=1S/C28H30N4O4/c1-16-14-24(36-5)21(28(35)31-16)11-12-23(33)25-18(3)32(26-22(25)10-7-13-30-26)17(2)19-8-6-9-20(15-19)27(34)29-4/h6-10,13-15,17H,11-12H2,1-5H3,(H,29,34)(H,31,35). The van der Waals surface area contributed by atoms with Gasteiger partial charge in [-0.3, -0.25) is 14.4 Å². The molecule has 1 amide bonds. The molecule has 0 bridgehead atoms. The van der Waals surface area contributed by atoms with Gasteiger partial charge in [0.2, 0.25) is 0 Å². The van der Waals surface area contributed by atoms with E-state index in [1.54, 1.807) is 32.3 Å². The van der Waals surface area contributed by atoms with E-state index in [0.29, 0.717) is 33.8 Å². The van der Waals surface area contributed by atoms with E-state index < -0.39 is 0 Å². The number of fused-ring (bicyclic) bond motifs is 1. The van der Waals surface area contributed by atoms with Crippen molar-refractivity contribution in [3.8, 4) is 5.75 Å². The minimum absolute atomic E-state index is 0.0717. The molecule has 3 heterocycles. The zero-order valence-corrected chi connectivity index (χ0v) is 21.1. The first-order valence-corrected chi connectivity index (χ1v) is 11.8. The van der Waals surface area contributed by atoms with E-state index in [9.17, 15) is 14.4 Å². The number of aromatic amines is 1. The maximum atomic E-state index is 13.5. The van der Waals surface area contributed by atoms with Gasteiger partial charge in [0, 0.05) is 47.6 Å². The second-order valence-electron chi connectivity index (χ2n) is 8.84. The molecule has 0 fully saturated rings. The minimum Gasteiger partial charge on any atom is -0.496 e. The number of aryl methyl sites for hydroxylation is 1. The number of Topliss-reactive ketones (excluding diaryl/α,β-unsaturated/α-hetero) is 1. The second kappa shape index (κ2) is 10.2. The number of rotatable bonds is 8. The van der Waals surface area contributed by atoms with E-state index in [-0.39, 0.29) is 36.1 Å². The molecule has 0 saturated heterocycles. The Morgan fingerprint density at radius 1 is 1.17 bits per heavy atom. The number of hydrogen-bond acceptors (Lipinski definition) is 5. The predicted molar refractivity (Wildman–Crippen MR) is 139 cm³/mol. The fourth-order valence-electron chi connectivity index (χ4n) is 4.79. The largest absolute Gasteiger partial charge is 0.496 e. The maximum Gasteiger partial charge on any atom is 0.255 e. The number of pyridine rings is 2. The number of amides is 1. The lowest BCUT2D eigenvalue weighted by Gasteiger charge is -2.18. The van der Waals surface area contributed by atoms with Crippen molar-refractivity contribution in [1.82, 2.24) is 19.9 Å². The molecular formula is C28H30N4O4. The van der Waals surface area contributed by atoms with Crippen LogP contribution in [0.4, 0.5) is 0 Å². The number of aromatic nitrogens is 3. The van der Waals surface area contributed by atoms with Crippen molar-refractivity contribution in [2.45, 2.75) is 39.7 Å². The van der Waals surface area contributed by atoms with Crippen LogP contribution in [0.5, 0.6) is 5.75 Å². The molecule has 0 radical (unpaired) electrons.